The van der Waals surface area contributed by atoms with Crippen LogP contribution in [0.1, 0.15) is 19.3 Å². The van der Waals surface area contributed by atoms with Crippen LogP contribution in [-0.2, 0) is 0 Å². The van der Waals surface area contributed by atoms with Gasteiger partial charge < -0.3 is 14.8 Å². The van der Waals surface area contributed by atoms with Gasteiger partial charge in [0.2, 0.25) is 6.79 Å². The summed E-state index contributed by atoms with van der Waals surface area (Å²) in [5, 5.41) is 5.77. The second-order valence-electron chi connectivity index (χ2n) is 5.68. The normalized spacial score (nSPS) is 18.5. The number of thioether (sulfide) groups is 1. The second-order valence-corrected chi connectivity index (χ2v) is 6.95. The average molecular weight is 302 g/mol. The molecule has 0 spiro atoms. The van der Waals surface area contributed by atoms with Crippen molar-refractivity contribution in [1.29, 1.82) is 0 Å². The maximum Gasteiger partial charge on any atom is 0.231 e. The minimum Gasteiger partial charge on any atom is -0.454 e. The number of aromatic nitrogens is 1. The molecule has 1 fully saturated rings. The third kappa shape index (κ3) is 2.20. The van der Waals surface area contributed by atoms with Crippen LogP contribution in [0.4, 0.5) is 5.82 Å². The maximum atomic E-state index is 5.48. The molecular weight excluding hydrogens is 284 g/mol. The molecule has 2 aliphatic rings. The van der Waals surface area contributed by atoms with Gasteiger partial charge in [-0.25, -0.2) is 4.98 Å². The Morgan fingerprint density at radius 2 is 2.10 bits per heavy atom. The predicted molar refractivity (Wildman–Crippen MR) is 86.5 cm³/mol. The Hall–Kier alpha value is -1.62. The number of fused-ring (bicyclic) bond motifs is 2. The van der Waals surface area contributed by atoms with Crippen molar-refractivity contribution in [3.05, 3.63) is 24.4 Å². The standard InChI is InChI=1S/C16H18N2O2S/c1-21-16(4-2-5-16)9-18-15-12-8-14-13(19-10-20-14)7-11(12)3-6-17-15/h3,6-8H,2,4-5,9-10H2,1H3,(H,17,18). The summed E-state index contributed by atoms with van der Waals surface area (Å²) in [6.45, 7) is 1.27. The Balaban J connectivity index is 1.65. The lowest BCUT2D eigenvalue weighted by molar-refractivity contribution is 0.174. The zero-order valence-electron chi connectivity index (χ0n) is 12.0. The van der Waals surface area contributed by atoms with Crippen LogP contribution >= 0.6 is 11.8 Å². The van der Waals surface area contributed by atoms with Gasteiger partial charge in [-0.2, -0.15) is 11.8 Å². The largest absolute Gasteiger partial charge is 0.454 e. The van der Waals surface area contributed by atoms with E-state index >= 15 is 0 Å². The molecule has 1 saturated carbocycles. The van der Waals surface area contributed by atoms with Gasteiger partial charge in [0.15, 0.2) is 11.5 Å². The van der Waals surface area contributed by atoms with E-state index in [0.29, 0.717) is 11.5 Å². The lowest BCUT2D eigenvalue weighted by Gasteiger charge is -2.40. The fourth-order valence-corrected chi connectivity index (χ4v) is 3.89. The third-order valence-corrected chi connectivity index (χ3v) is 5.95. The highest BCUT2D eigenvalue weighted by Crippen LogP contribution is 2.43. The fraction of sp³-hybridized carbons (Fsp3) is 0.438. The molecule has 1 aliphatic heterocycles. The van der Waals surface area contributed by atoms with Crippen LogP contribution in [0.3, 0.4) is 0 Å². The molecule has 2 aromatic rings. The number of hydrogen-bond acceptors (Lipinski definition) is 5. The quantitative estimate of drug-likeness (QED) is 0.933. The van der Waals surface area contributed by atoms with Crippen LogP contribution in [-0.4, -0.2) is 29.3 Å². The van der Waals surface area contributed by atoms with E-state index in [0.717, 1.165) is 34.6 Å². The van der Waals surface area contributed by atoms with E-state index < -0.39 is 0 Å². The Labute approximate surface area is 128 Å². The zero-order chi connectivity index (χ0) is 14.3. The van der Waals surface area contributed by atoms with Crippen molar-refractivity contribution in [2.75, 3.05) is 24.9 Å². The Kier molecular flexibility index (Phi) is 3.10. The molecule has 0 atom stereocenters. The van der Waals surface area contributed by atoms with Crippen LogP contribution in [0, 0.1) is 0 Å². The number of ether oxygens (including phenoxy) is 2. The Morgan fingerprint density at radius 1 is 1.29 bits per heavy atom. The minimum atomic E-state index is 0.303. The molecule has 0 amide bonds. The van der Waals surface area contributed by atoms with Crippen molar-refractivity contribution in [1.82, 2.24) is 4.98 Å². The van der Waals surface area contributed by atoms with Crippen molar-refractivity contribution in [3.63, 3.8) is 0 Å². The molecule has 110 valence electrons. The predicted octanol–water partition coefficient (Wildman–Crippen LogP) is 3.66. The molecule has 2 heterocycles. The van der Waals surface area contributed by atoms with Gasteiger partial charge in [-0.3, -0.25) is 0 Å². The number of rotatable bonds is 4. The zero-order valence-corrected chi connectivity index (χ0v) is 12.8. The van der Waals surface area contributed by atoms with Crippen molar-refractivity contribution in [3.8, 4) is 11.5 Å². The third-order valence-electron chi connectivity index (χ3n) is 4.53. The highest BCUT2D eigenvalue weighted by Gasteiger charge is 2.36. The van der Waals surface area contributed by atoms with Gasteiger partial charge in [0, 0.05) is 22.9 Å². The lowest BCUT2D eigenvalue weighted by Crippen LogP contribution is -2.40. The molecule has 1 aromatic carbocycles. The molecule has 1 N–H and O–H groups in total. The van der Waals surface area contributed by atoms with E-state index in [1.807, 2.05) is 36.2 Å². The van der Waals surface area contributed by atoms with Crippen LogP contribution in [0.25, 0.3) is 10.8 Å². The summed E-state index contributed by atoms with van der Waals surface area (Å²) in [4.78, 5) is 4.51. The van der Waals surface area contributed by atoms with Crippen molar-refractivity contribution < 1.29 is 9.47 Å². The summed E-state index contributed by atoms with van der Waals surface area (Å²) < 4.78 is 11.3. The van der Waals surface area contributed by atoms with Crippen LogP contribution in [0.5, 0.6) is 11.5 Å². The van der Waals surface area contributed by atoms with Crippen molar-refractivity contribution >= 4 is 28.4 Å². The molecule has 0 saturated heterocycles. The van der Waals surface area contributed by atoms with E-state index in [-0.39, 0.29) is 0 Å². The molecule has 0 unspecified atom stereocenters. The van der Waals surface area contributed by atoms with E-state index in [1.54, 1.807) is 0 Å². The molecule has 1 aliphatic carbocycles. The number of hydrogen-bond donors (Lipinski definition) is 1. The van der Waals surface area contributed by atoms with Gasteiger partial charge in [-0.15, -0.1) is 0 Å². The van der Waals surface area contributed by atoms with Gasteiger partial charge in [0.05, 0.1) is 0 Å². The summed E-state index contributed by atoms with van der Waals surface area (Å²) >= 11 is 1.97. The molecule has 4 nitrogen and oxygen atoms in total. The highest BCUT2D eigenvalue weighted by atomic mass is 32.2. The molecule has 1 aromatic heterocycles. The van der Waals surface area contributed by atoms with E-state index in [2.05, 4.69) is 16.6 Å². The topological polar surface area (TPSA) is 43.4 Å². The molecule has 5 heteroatoms. The van der Waals surface area contributed by atoms with Crippen molar-refractivity contribution in [2.24, 2.45) is 0 Å². The maximum absolute atomic E-state index is 5.48. The number of anilines is 1. The first-order valence-corrected chi connectivity index (χ1v) is 8.50. The van der Waals surface area contributed by atoms with Crippen molar-refractivity contribution in [2.45, 2.75) is 24.0 Å². The summed E-state index contributed by atoms with van der Waals surface area (Å²) in [5.74, 6) is 2.56. The molecule has 21 heavy (non-hydrogen) atoms. The lowest BCUT2D eigenvalue weighted by atomic mass is 9.84. The smallest absolute Gasteiger partial charge is 0.231 e. The fourth-order valence-electron chi connectivity index (χ4n) is 2.97. The van der Waals surface area contributed by atoms with E-state index in [9.17, 15) is 0 Å². The molecule has 0 radical (unpaired) electrons. The first-order valence-electron chi connectivity index (χ1n) is 7.27. The minimum absolute atomic E-state index is 0.303. The van der Waals surface area contributed by atoms with Crippen LogP contribution in [0.2, 0.25) is 0 Å². The highest BCUT2D eigenvalue weighted by molar-refractivity contribution is 8.00. The molecule has 0 bridgehead atoms. The van der Waals surface area contributed by atoms with Gasteiger partial charge in [-0.1, -0.05) is 6.42 Å². The van der Waals surface area contributed by atoms with Gasteiger partial charge in [0.25, 0.3) is 0 Å². The summed E-state index contributed by atoms with van der Waals surface area (Å²) in [6.07, 6.45) is 7.97. The SMILES string of the molecule is CSC1(CNc2nccc3cc4c(cc23)OCO4)CCC1. The molecule has 4 rings (SSSR count). The van der Waals surface area contributed by atoms with Gasteiger partial charge >= 0.3 is 0 Å². The summed E-state index contributed by atoms with van der Waals surface area (Å²) in [7, 11) is 0. The number of pyridine rings is 1. The monoisotopic (exact) mass is 302 g/mol. The van der Waals surface area contributed by atoms with E-state index in [1.165, 1.54) is 19.3 Å². The van der Waals surface area contributed by atoms with Crippen LogP contribution in [0.15, 0.2) is 24.4 Å². The Morgan fingerprint density at radius 3 is 2.81 bits per heavy atom. The first-order chi connectivity index (χ1) is 10.3. The summed E-state index contributed by atoms with van der Waals surface area (Å²) in [6, 6.07) is 6.06. The first kappa shape index (κ1) is 13.1. The summed E-state index contributed by atoms with van der Waals surface area (Å²) in [5.41, 5.74) is 0. The second kappa shape index (κ2) is 4.98. The van der Waals surface area contributed by atoms with E-state index in [4.69, 9.17) is 9.47 Å². The number of nitrogens with zero attached hydrogens (tertiary/aromatic N) is 1. The number of nitrogens with one attached hydrogen (secondary N) is 1. The number of benzene rings is 1. The average Bonchev–Trinajstić information content (AvgIpc) is 2.91. The van der Waals surface area contributed by atoms with Gasteiger partial charge in [0.1, 0.15) is 5.82 Å². The van der Waals surface area contributed by atoms with Crippen LogP contribution < -0.4 is 14.8 Å². The Bertz CT molecular complexity index is 680. The molecular formula is C16H18N2O2S. The van der Waals surface area contributed by atoms with Gasteiger partial charge in [-0.05, 0) is 42.7 Å².